The normalized spacial score (nSPS) is 17.6. The number of anilines is 1. The number of hydrogen-bond acceptors (Lipinski definition) is 8. The van der Waals surface area contributed by atoms with Crippen molar-refractivity contribution in [2.75, 3.05) is 57.7 Å². The standard InChI is InChI=1S/C25H28N2O7S/c1-16(28)18-8-9-20(31-2)25(32-3)24(18)34-14-17-12-26(10-11-33-17)22(29)13-27-19-6-4-5-7-21(19)35-15-23(27)30/h4-9,17H,10-15H2,1-3H3. The first-order valence-corrected chi connectivity index (χ1v) is 12.2. The van der Waals surface area contributed by atoms with Gasteiger partial charge in [-0.3, -0.25) is 14.4 Å². The lowest BCUT2D eigenvalue weighted by Crippen LogP contribution is -2.51. The molecular weight excluding hydrogens is 472 g/mol. The molecular formula is C25H28N2O7S. The fraction of sp³-hybridized carbons (Fsp3) is 0.400. The third-order valence-corrected chi connectivity index (χ3v) is 6.93. The molecule has 4 rings (SSSR count). The Kier molecular flexibility index (Phi) is 7.82. The summed E-state index contributed by atoms with van der Waals surface area (Å²) in [4.78, 5) is 42.0. The van der Waals surface area contributed by atoms with Gasteiger partial charge in [0.2, 0.25) is 17.6 Å². The van der Waals surface area contributed by atoms with Crippen molar-refractivity contribution in [3.05, 3.63) is 42.0 Å². The number of hydrogen-bond donors (Lipinski definition) is 0. The van der Waals surface area contributed by atoms with Gasteiger partial charge in [-0.25, -0.2) is 0 Å². The molecule has 1 atom stereocenters. The van der Waals surface area contributed by atoms with Gasteiger partial charge in [0.1, 0.15) is 19.3 Å². The van der Waals surface area contributed by atoms with Crippen LogP contribution in [0.3, 0.4) is 0 Å². The number of fused-ring (bicyclic) bond motifs is 1. The van der Waals surface area contributed by atoms with Gasteiger partial charge in [0.05, 0.1) is 44.4 Å². The van der Waals surface area contributed by atoms with Gasteiger partial charge in [0.25, 0.3) is 0 Å². The summed E-state index contributed by atoms with van der Waals surface area (Å²) in [5.74, 6) is 0.938. The van der Waals surface area contributed by atoms with E-state index in [9.17, 15) is 14.4 Å². The first kappa shape index (κ1) is 24.9. The van der Waals surface area contributed by atoms with Crippen molar-refractivity contribution in [3.8, 4) is 17.2 Å². The second kappa shape index (κ2) is 11.0. The van der Waals surface area contributed by atoms with Crippen LogP contribution in [0.1, 0.15) is 17.3 Å². The van der Waals surface area contributed by atoms with E-state index in [2.05, 4.69) is 0 Å². The van der Waals surface area contributed by atoms with E-state index < -0.39 is 6.10 Å². The fourth-order valence-electron chi connectivity index (χ4n) is 4.10. The Morgan fingerprint density at radius 3 is 2.66 bits per heavy atom. The molecule has 1 saturated heterocycles. The number of ketones is 1. The monoisotopic (exact) mass is 500 g/mol. The molecule has 2 aromatic carbocycles. The van der Waals surface area contributed by atoms with Crippen molar-refractivity contribution in [1.29, 1.82) is 0 Å². The first-order valence-electron chi connectivity index (χ1n) is 11.2. The summed E-state index contributed by atoms with van der Waals surface area (Å²) in [7, 11) is 2.98. The highest BCUT2D eigenvalue weighted by Gasteiger charge is 2.31. The van der Waals surface area contributed by atoms with Crippen LogP contribution >= 0.6 is 11.8 Å². The topological polar surface area (TPSA) is 94.6 Å². The molecule has 1 fully saturated rings. The quantitative estimate of drug-likeness (QED) is 0.511. The van der Waals surface area contributed by atoms with E-state index in [-0.39, 0.29) is 36.5 Å². The van der Waals surface area contributed by atoms with Crippen LogP contribution in [0.5, 0.6) is 17.2 Å². The Hall–Kier alpha value is -3.24. The van der Waals surface area contributed by atoms with Crippen LogP contribution in [0.2, 0.25) is 0 Å². The highest BCUT2D eigenvalue weighted by Crippen LogP contribution is 2.40. The van der Waals surface area contributed by atoms with Crippen molar-refractivity contribution in [2.45, 2.75) is 17.9 Å². The third kappa shape index (κ3) is 5.38. The molecule has 1 unspecified atom stereocenters. The van der Waals surface area contributed by atoms with Gasteiger partial charge in [-0.15, -0.1) is 11.8 Å². The highest BCUT2D eigenvalue weighted by atomic mass is 32.2. The van der Waals surface area contributed by atoms with E-state index >= 15 is 0 Å². The van der Waals surface area contributed by atoms with Gasteiger partial charge >= 0.3 is 0 Å². The molecule has 35 heavy (non-hydrogen) atoms. The molecule has 186 valence electrons. The minimum atomic E-state index is -0.414. The van der Waals surface area contributed by atoms with E-state index in [4.69, 9.17) is 18.9 Å². The lowest BCUT2D eigenvalue weighted by atomic mass is 10.1. The maximum atomic E-state index is 13.1. The summed E-state index contributed by atoms with van der Waals surface area (Å²) in [6.07, 6.45) is -0.414. The highest BCUT2D eigenvalue weighted by molar-refractivity contribution is 8.00. The van der Waals surface area contributed by atoms with Crippen LogP contribution in [0.25, 0.3) is 0 Å². The number of para-hydroxylation sites is 1. The molecule has 2 aliphatic rings. The molecule has 0 saturated carbocycles. The van der Waals surface area contributed by atoms with Crippen LogP contribution in [-0.2, 0) is 14.3 Å². The van der Waals surface area contributed by atoms with Crippen molar-refractivity contribution in [2.24, 2.45) is 0 Å². The van der Waals surface area contributed by atoms with Gasteiger partial charge in [-0.1, -0.05) is 12.1 Å². The smallest absolute Gasteiger partial charge is 0.242 e. The van der Waals surface area contributed by atoms with Crippen molar-refractivity contribution in [3.63, 3.8) is 0 Å². The maximum Gasteiger partial charge on any atom is 0.242 e. The lowest BCUT2D eigenvalue weighted by Gasteiger charge is -2.35. The molecule has 0 spiro atoms. The summed E-state index contributed by atoms with van der Waals surface area (Å²) in [5, 5.41) is 0. The Morgan fingerprint density at radius 2 is 1.91 bits per heavy atom. The van der Waals surface area contributed by atoms with E-state index in [0.29, 0.717) is 42.5 Å². The lowest BCUT2D eigenvalue weighted by molar-refractivity contribution is -0.139. The largest absolute Gasteiger partial charge is 0.493 e. The number of benzene rings is 2. The number of rotatable bonds is 8. The van der Waals surface area contributed by atoms with E-state index in [1.807, 2.05) is 24.3 Å². The number of nitrogens with zero attached hydrogens (tertiary/aromatic N) is 2. The van der Waals surface area contributed by atoms with Crippen LogP contribution in [0.4, 0.5) is 5.69 Å². The van der Waals surface area contributed by atoms with Crippen LogP contribution in [0, 0.1) is 0 Å². The fourth-order valence-corrected chi connectivity index (χ4v) is 5.04. The molecule has 9 nitrogen and oxygen atoms in total. The summed E-state index contributed by atoms with van der Waals surface area (Å²) >= 11 is 1.48. The van der Waals surface area contributed by atoms with Crippen LogP contribution in [-0.4, -0.2) is 81.4 Å². The predicted molar refractivity (Wildman–Crippen MR) is 131 cm³/mol. The average Bonchev–Trinajstić information content (AvgIpc) is 2.88. The van der Waals surface area contributed by atoms with Gasteiger partial charge in [-0.2, -0.15) is 0 Å². The SMILES string of the molecule is COc1ccc(C(C)=O)c(OCC2CN(C(=O)CN3C(=O)CSc4ccccc43)CCO2)c1OC. The number of amides is 2. The Balaban J connectivity index is 1.43. The number of ether oxygens (including phenoxy) is 4. The van der Waals surface area contributed by atoms with E-state index in [1.165, 1.54) is 32.9 Å². The van der Waals surface area contributed by atoms with Crippen LogP contribution in [0.15, 0.2) is 41.3 Å². The molecule has 2 heterocycles. The van der Waals surface area contributed by atoms with Gasteiger partial charge < -0.3 is 28.7 Å². The minimum Gasteiger partial charge on any atom is -0.493 e. The minimum absolute atomic E-state index is 0.0256. The summed E-state index contributed by atoms with van der Waals surface area (Å²) in [6, 6.07) is 10.9. The van der Waals surface area contributed by atoms with E-state index in [1.54, 1.807) is 21.9 Å². The van der Waals surface area contributed by atoms with Crippen molar-refractivity contribution >= 4 is 35.0 Å². The molecule has 0 aromatic heterocycles. The average molecular weight is 501 g/mol. The molecule has 10 heteroatoms. The second-order valence-electron chi connectivity index (χ2n) is 8.11. The molecule has 2 aliphatic heterocycles. The number of methoxy groups -OCH3 is 2. The second-order valence-corrected chi connectivity index (χ2v) is 9.13. The van der Waals surface area contributed by atoms with E-state index in [0.717, 1.165) is 10.6 Å². The molecule has 0 aliphatic carbocycles. The maximum absolute atomic E-state index is 13.1. The third-order valence-electron chi connectivity index (χ3n) is 5.89. The summed E-state index contributed by atoms with van der Waals surface area (Å²) in [6.45, 7) is 2.60. The number of Topliss-reactive ketones (excluding diaryl/α,β-unsaturated/α-hetero) is 1. The first-order chi connectivity index (χ1) is 16.9. The van der Waals surface area contributed by atoms with Gasteiger partial charge in [0.15, 0.2) is 17.3 Å². The molecule has 2 amide bonds. The molecule has 0 radical (unpaired) electrons. The predicted octanol–water partition coefficient (Wildman–Crippen LogP) is 2.65. The van der Waals surface area contributed by atoms with Gasteiger partial charge in [-0.05, 0) is 31.2 Å². The number of thioether (sulfide) groups is 1. The summed E-state index contributed by atoms with van der Waals surface area (Å²) in [5.41, 5.74) is 1.13. The zero-order valence-electron chi connectivity index (χ0n) is 19.9. The van der Waals surface area contributed by atoms with Crippen molar-refractivity contribution in [1.82, 2.24) is 4.90 Å². The summed E-state index contributed by atoms with van der Waals surface area (Å²) < 4.78 is 22.6. The number of morpholine rings is 1. The Morgan fingerprint density at radius 1 is 1.11 bits per heavy atom. The zero-order chi connectivity index (χ0) is 24.9. The zero-order valence-corrected chi connectivity index (χ0v) is 20.8. The number of carbonyl (C=O) groups excluding carboxylic acids is 3. The Bertz CT molecular complexity index is 1120. The molecule has 0 N–H and O–H groups in total. The van der Waals surface area contributed by atoms with Crippen molar-refractivity contribution < 1.29 is 33.3 Å². The van der Waals surface area contributed by atoms with Gasteiger partial charge in [0, 0.05) is 11.4 Å². The molecule has 2 aromatic rings. The number of carbonyl (C=O) groups is 3. The molecule has 0 bridgehead atoms. The van der Waals surface area contributed by atoms with Crippen LogP contribution < -0.4 is 19.1 Å². The Labute approximate surface area is 208 Å².